The largest absolute Gasteiger partial charge is 0.489 e. The lowest BCUT2D eigenvalue weighted by Gasteiger charge is -2.18. The Morgan fingerprint density at radius 2 is 2.24 bits per heavy atom. The van der Waals surface area contributed by atoms with Crippen molar-refractivity contribution in [2.75, 3.05) is 12.4 Å². The number of para-hydroxylation sites is 1. The van der Waals surface area contributed by atoms with Crippen molar-refractivity contribution in [2.24, 2.45) is 5.92 Å². The van der Waals surface area contributed by atoms with Crippen LogP contribution in [0, 0.1) is 5.92 Å². The van der Waals surface area contributed by atoms with Crippen LogP contribution >= 0.6 is 12.6 Å². The molecule has 0 spiro atoms. The molecule has 1 aromatic rings. The standard InChI is InChI=1S/C14H20O2S/c1-10(9-17)8-15-12-6-4-5-11-7-14(2,3)16-13(11)12/h4-6,10,17H,7-9H2,1-3H3. The van der Waals surface area contributed by atoms with E-state index in [1.807, 2.05) is 12.1 Å². The third-order valence-corrected chi connectivity index (χ3v) is 3.51. The van der Waals surface area contributed by atoms with Crippen LogP contribution in [-0.4, -0.2) is 18.0 Å². The number of benzene rings is 1. The topological polar surface area (TPSA) is 18.5 Å². The minimum Gasteiger partial charge on any atom is -0.489 e. The average Bonchev–Trinajstić information content (AvgIpc) is 2.60. The lowest BCUT2D eigenvalue weighted by molar-refractivity contribution is 0.131. The van der Waals surface area contributed by atoms with Gasteiger partial charge in [0.2, 0.25) is 0 Å². The Balaban J connectivity index is 2.13. The smallest absolute Gasteiger partial charge is 0.165 e. The summed E-state index contributed by atoms with van der Waals surface area (Å²) in [6.45, 7) is 7.02. The van der Waals surface area contributed by atoms with Gasteiger partial charge in [-0.3, -0.25) is 0 Å². The van der Waals surface area contributed by atoms with Crippen molar-refractivity contribution in [3.63, 3.8) is 0 Å². The summed E-state index contributed by atoms with van der Waals surface area (Å²) in [4.78, 5) is 0. The predicted molar refractivity (Wildman–Crippen MR) is 73.4 cm³/mol. The first-order chi connectivity index (χ1) is 8.02. The van der Waals surface area contributed by atoms with Crippen LogP contribution in [0.5, 0.6) is 11.5 Å². The minimum absolute atomic E-state index is 0.114. The van der Waals surface area contributed by atoms with Gasteiger partial charge in [0.05, 0.1) is 6.61 Å². The SMILES string of the molecule is CC(CS)COc1cccc2c1OC(C)(C)C2. The Kier molecular flexibility index (Phi) is 3.57. The van der Waals surface area contributed by atoms with Crippen LogP contribution in [0.2, 0.25) is 0 Å². The summed E-state index contributed by atoms with van der Waals surface area (Å²) in [5, 5.41) is 0. The van der Waals surface area contributed by atoms with Crippen molar-refractivity contribution in [1.82, 2.24) is 0 Å². The van der Waals surface area contributed by atoms with Gasteiger partial charge >= 0.3 is 0 Å². The highest BCUT2D eigenvalue weighted by molar-refractivity contribution is 7.80. The van der Waals surface area contributed by atoms with Gasteiger partial charge < -0.3 is 9.47 Å². The Labute approximate surface area is 109 Å². The molecule has 94 valence electrons. The summed E-state index contributed by atoms with van der Waals surface area (Å²) in [6.07, 6.45) is 0.946. The molecule has 0 radical (unpaired) electrons. The van der Waals surface area contributed by atoms with Crippen molar-refractivity contribution in [3.8, 4) is 11.5 Å². The zero-order valence-corrected chi connectivity index (χ0v) is 11.6. The van der Waals surface area contributed by atoms with E-state index in [1.54, 1.807) is 0 Å². The third kappa shape index (κ3) is 2.89. The number of hydrogen-bond donors (Lipinski definition) is 1. The van der Waals surface area contributed by atoms with Crippen LogP contribution in [-0.2, 0) is 6.42 Å². The highest BCUT2D eigenvalue weighted by Crippen LogP contribution is 2.41. The molecule has 1 aromatic carbocycles. The number of thiol groups is 1. The fourth-order valence-corrected chi connectivity index (χ4v) is 2.09. The van der Waals surface area contributed by atoms with Crippen molar-refractivity contribution in [2.45, 2.75) is 32.8 Å². The van der Waals surface area contributed by atoms with Crippen molar-refractivity contribution < 1.29 is 9.47 Å². The molecule has 1 atom stereocenters. The maximum absolute atomic E-state index is 5.95. The molecule has 2 nitrogen and oxygen atoms in total. The van der Waals surface area contributed by atoms with Crippen molar-refractivity contribution in [1.29, 1.82) is 0 Å². The molecule has 0 aromatic heterocycles. The van der Waals surface area contributed by atoms with E-state index >= 15 is 0 Å². The molecule has 0 saturated heterocycles. The molecule has 0 N–H and O–H groups in total. The van der Waals surface area contributed by atoms with Gasteiger partial charge in [-0.05, 0) is 31.6 Å². The van der Waals surface area contributed by atoms with Gasteiger partial charge in [-0.15, -0.1) is 0 Å². The molecular weight excluding hydrogens is 232 g/mol. The molecule has 1 aliphatic heterocycles. The first kappa shape index (κ1) is 12.6. The van der Waals surface area contributed by atoms with Gasteiger partial charge in [0.1, 0.15) is 5.60 Å². The highest BCUT2D eigenvalue weighted by atomic mass is 32.1. The number of hydrogen-bond acceptors (Lipinski definition) is 3. The normalized spacial score (nSPS) is 18.4. The first-order valence-corrected chi connectivity index (χ1v) is 6.69. The lowest BCUT2D eigenvalue weighted by Crippen LogP contribution is -2.24. The van der Waals surface area contributed by atoms with Crippen LogP contribution in [0.4, 0.5) is 0 Å². The predicted octanol–water partition coefficient (Wildman–Crippen LogP) is 3.34. The second kappa shape index (κ2) is 4.81. The van der Waals surface area contributed by atoms with Gasteiger partial charge in [0.25, 0.3) is 0 Å². The molecule has 0 saturated carbocycles. The zero-order valence-electron chi connectivity index (χ0n) is 10.7. The van der Waals surface area contributed by atoms with Crippen molar-refractivity contribution in [3.05, 3.63) is 23.8 Å². The Hall–Kier alpha value is -0.830. The Morgan fingerprint density at radius 1 is 1.47 bits per heavy atom. The van der Waals surface area contributed by atoms with Crippen LogP contribution in [0.15, 0.2) is 18.2 Å². The van der Waals surface area contributed by atoms with E-state index in [2.05, 4.69) is 39.5 Å². The molecule has 0 aliphatic carbocycles. The summed E-state index contributed by atoms with van der Waals surface area (Å²) >= 11 is 4.26. The molecular formula is C14H20O2S. The second-order valence-electron chi connectivity index (χ2n) is 5.38. The molecule has 0 amide bonds. The molecule has 0 fully saturated rings. The molecule has 1 unspecified atom stereocenters. The second-order valence-corrected chi connectivity index (χ2v) is 5.75. The third-order valence-electron chi connectivity index (χ3n) is 2.89. The number of fused-ring (bicyclic) bond motifs is 1. The molecule has 2 rings (SSSR count). The quantitative estimate of drug-likeness (QED) is 0.828. The fourth-order valence-electron chi connectivity index (χ4n) is 1.99. The van der Waals surface area contributed by atoms with E-state index in [0.717, 1.165) is 23.7 Å². The lowest BCUT2D eigenvalue weighted by atomic mass is 10.0. The van der Waals surface area contributed by atoms with E-state index < -0.39 is 0 Å². The molecule has 1 aliphatic rings. The maximum Gasteiger partial charge on any atom is 0.165 e. The summed E-state index contributed by atoms with van der Waals surface area (Å²) in [6, 6.07) is 6.12. The summed E-state index contributed by atoms with van der Waals surface area (Å²) in [7, 11) is 0. The molecule has 1 heterocycles. The summed E-state index contributed by atoms with van der Waals surface area (Å²) in [5.41, 5.74) is 1.13. The van der Waals surface area contributed by atoms with E-state index in [9.17, 15) is 0 Å². The van der Waals surface area contributed by atoms with Crippen LogP contribution in [0.3, 0.4) is 0 Å². The number of rotatable bonds is 4. The van der Waals surface area contributed by atoms with E-state index in [0.29, 0.717) is 12.5 Å². The van der Waals surface area contributed by atoms with Crippen LogP contribution < -0.4 is 9.47 Å². The monoisotopic (exact) mass is 252 g/mol. The van der Waals surface area contributed by atoms with Gasteiger partial charge in [-0.1, -0.05) is 19.1 Å². The van der Waals surface area contributed by atoms with E-state index in [4.69, 9.17) is 9.47 Å². The Bertz CT molecular complexity index is 401. The van der Waals surface area contributed by atoms with E-state index in [-0.39, 0.29) is 5.60 Å². The van der Waals surface area contributed by atoms with Gasteiger partial charge in [-0.25, -0.2) is 0 Å². The van der Waals surface area contributed by atoms with Crippen LogP contribution in [0.1, 0.15) is 26.3 Å². The van der Waals surface area contributed by atoms with E-state index in [1.165, 1.54) is 5.56 Å². The maximum atomic E-state index is 5.95. The van der Waals surface area contributed by atoms with Crippen LogP contribution in [0.25, 0.3) is 0 Å². The van der Waals surface area contributed by atoms with Gasteiger partial charge in [-0.2, -0.15) is 12.6 Å². The average molecular weight is 252 g/mol. The van der Waals surface area contributed by atoms with Gasteiger partial charge in [0, 0.05) is 12.0 Å². The summed E-state index contributed by atoms with van der Waals surface area (Å²) in [5.74, 6) is 3.07. The number of ether oxygens (including phenoxy) is 2. The van der Waals surface area contributed by atoms with Gasteiger partial charge in [0.15, 0.2) is 11.5 Å². The summed E-state index contributed by atoms with van der Waals surface area (Å²) < 4.78 is 11.8. The zero-order chi connectivity index (χ0) is 12.5. The Morgan fingerprint density at radius 3 is 2.94 bits per heavy atom. The fraction of sp³-hybridized carbons (Fsp3) is 0.571. The minimum atomic E-state index is -0.114. The molecule has 17 heavy (non-hydrogen) atoms. The highest BCUT2D eigenvalue weighted by Gasteiger charge is 2.32. The van der Waals surface area contributed by atoms with Crippen molar-refractivity contribution >= 4 is 12.6 Å². The molecule has 3 heteroatoms. The first-order valence-electron chi connectivity index (χ1n) is 6.06. The molecule has 0 bridgehead atoms.